The maximum absolute atomic E-state index is 10.8. The first-order valence-electron chi connectivity index (χ1n) is 6.39. The molecule has 0 aliphatic carbocycles. The quantitative estimate of drug-likeness (QED) is 0.868. The van der Waals surface area contributed by atoms with E-state index < -0.39 is 5.97 Å². The summed E-state index contributed by atoms with van der Waals surface area (Å²) in [6.07, 6.45) is 2.20. The van der Waals surface area contributed by atoms with E-state index in [4.69, 9.17) is 5.11 Å². The van der Waals surface area contributed by atoms with Crippen LogP contribution in [0.4, 0.5) is 5.69 Å². The van der Waals surface area contributed by atoms with Crippen LogP contribution in [0, 0.1) is 5.41 Å². The first-order valence-corrected chi connectivity index (χ1v) is 6.39. The Bertz CT molecular complexity index is 599. The Morgan fingerprint density at radius 1 is 1.37 bits per heavy atom. The minimum Gasteiger partial charge on any atom is -0.481 e. The average molecular weight is 260 g/mol. The Morgan fingerprint density at radius 2 is 2.05 bits per heavy atom. The molecule has 4 heteroatoms. The summed E-state index contributed by atoms with van der Waals surface area (Å²) in [5.74, 6) is -0.760. The van der Waals surface area contributed by atoms with Gasteiger partial charge in [-0.3, -0.25) is 4.79 Å². The zero-order chi connectivity index (χ0) is 14.0. The third kappa shape index (κ3) is 3.08. The monoisotopic (exact) mass is 260 g/mol. The van der Waals surface area contributed by atoms with Gasteiger partial charge in [-0.2, -0.15) is 0 Å². The number of hydrogen-bond acceptors (Lipinski definition) is 2. The molecule has 0 fully saturated rings. The minimum absolute atomic E-state index is 0.158. The number of nitrogens with zero attached hydrogens (tertiary/aromatic N) is 1. The lowest BCUT2D eigenvalue weighted by atomic mass is 9.89. The van der Waals surface area contributed by atoms with Crippen LogP contribution in [0.15, 0.2) is 30.5 Å². The number of fused-ring (bicyclic) bond motifs is 1. The van der Waals surface area contributed by atoms with Gasteiger partial charge < -0.3 is 15.0 Å². The summed E-state index contributed by atoms with van der Waals surface area (Å²) in [5.41, 5.74) is 1.94. The third-order valence-corrected chi connectivity index (χ3v) is 3.28. The summed E-state index contributed by atoms with van der Waals surface area (Å²) < 4.78 is 2.07. The maximum Gasteiger partial charge on any atom is 0.303 e. The fraction of sp³-hybridized carbons (Fsp3) is 0.400. The van der Waals surface area contributed by atoms with E-state index in [9.17, 15) is 4.79 Å². The lowest BCUT2D eigenvalue weighted by molar-refractivity contribution is -0.139. The van der Waals surface area contributed by atoms with Gasteiger partial charge in [0, 0.05) is 30.7 Å². The second-order valence-electron chi connectivity index (χ2n) is 5.76. The van der Waals surface area contributed by atoms with E-state index in [1.807, 2.05) is 39.2 Å². The molecule has 0 saturated heterocycles. The van der Waals surface area contributed by atoms with Crippen molar-refractivity contribution in [2.24, 2.45) is 12.5 Å². The molecule has 2 rings (SSSR count). The molecule has 1 heterocycles. The highest BCUT2D eigenvalue weighted by molar-refractivity contribution is 5.92. The number of aliphatic carboxylic acids is 1. The van der Waals surface area contributed by atoms with Crippen molar-refractivity contribution in [1.29, 1.82) is 0 Å². The Hall–Kier alpha value is -1.97. The van der Waals surface area contributed by atoms with Crippen molar-refractivity contribution < 1.29 is 9.90 Å². The second-order valence-corrected chi connectivity index (χ2v) is 5.76. The molecule has 4 nitrogen and oxygen atoms in total. The van der Waals surface area contributed by atoms with Crippen molar-refractivity contribution in [3.05, 3.63) is 30.5 Å². The third-order valence-electron chi connectivity index (χ3n) is 3.28. The van der Waals surface area contributed by atoms with Crippen LogP contribution in [-0.4, -0.2) is 22.2 Å². The number of nitrogens with one attached hydrogen (secondary N) is 1. The summed E-state index contributed by atoms with van der Waals surface area (Å²) in [7, 11) is 2.01. The highest BCUT2D eigenvalue weighted by Gasteiger charge is 2.22. The molecule has 0 aliphatic rings. The molecule has 1 aromatic heterocycles. The van der Waals surface area contributed by atoms with Crippen LogP contribution < -0.4 is 5.32 Å². The molecule has 2 aromatic rings. The van der Waals surface area contributed by atoms with Crippen molar-refractivity contribution in [2.75, 3.05) is 11.9 Å². The zero-order valence-electron chi connectivity index (χ0n) is 11.6. The zero-order valence-corrected chi connectivity index (χ0v) is 11.6. The van der Waals surface area contributed by atoms with Gasteiger partial charge in [-0.25, -0.2) is 0 Å². The summed E-state index contributed by atoms with van der Waals surface area (Å²) in [5, 5.41) is 13.4. The van der Waals surface area contributed by atoms with Crippen molar-refractivity contribution in [3.63, 3.8) is 0 Å². The van der Waals surface area contributed by atoms with E-state index in [2.05, 4.69) is 22.0 Å². The molecule has 0 unspecified atom stereocenters. The number of carboxylic acid groups (broad SMARTS) is 1. The molecule has 0 bridgehead atoms. The standard InChI is InChI=1S/C15H20N2O2/c1-15(2,8-14(18)19)10-16-12-9-17(3)13-7-5-4-6-11(12)13/h4-7,9,16H,8,10H2,1-3H3,(H,18,19). The first kappa shape index (κ1) is 13.5. The van der Waals surface area contributed by atoms with E-state index in [0.29, 0.717) is 6.54 Å². The van der Waals surface area contributed by atoms with Gasteiger partial charge in [-0.05, 0) is 11.5 Å². The van der Waals surface area contributed by atoms with Crippen molar-refractivity contribution in [2.45, 2.75) is 20.3 Å². The number of benzene rings is 1. The number of rotatable bonds is 5. The summed E-state index contributed by atoms with van der Waals surface area (Å²) in [6.45, 7) is 4.55. The van der Waals surface area contributed by atoms with Gasteiger partial charge in [0.05, 0.1) is 12.1 Å². The predicted octanol–water partition coefficient (Wildman–Crippen LogP) is 3.09. The largest absolute Gasteiger partial charge is 0.481 e. The van der Waals surface area contributed by atoms with E-state index in [-0.39, 0.29) is 11.8 Å². The predicted molar refractivity (Wildman–Crippen MR) is 77.4 cm³/mol. The molecule has 0 spiro atoms. The van der Waals surface area contributed by atoms with Crippen molar-refractivity contribution >= 4 is 22.6 Å². The first-order chi connectivity index (χ1) is 8.89. The Balaban J connectivity index is 2.16. The fourth-order valence-corrected chi connectivity index (χ4v) is 2.29. The molecule has 19 heavy (non-hydrogen) atoms. The Labute approximate surface area is 113 Å². The average Bonchev–Trinajstić information content (AvgIpc) is 2.63. The van der Waals surface area contributed by atoms with E-state index in [1.165, 1.54) is 5.52 Å². The summed E-state index contributed by atoms with van der Waals surface area (Å²) in [6, 6.07) is 8.17. The van der Waals surface area contributed by atoms with Gasteiger partial charge in [-0.15, -0.1) is 0 Å². The Kier molecular flexibility index (Phi) is 3.51. The smallest absolute Gasteiger partial charge is 0.303 e. The number of para-hydroxylation sites is 1. The van der Waals surface area contributed by atoms with Gasteiger partial charge in [0.2, 0.25) is 0 Å². The van der Waals surface area contributed by atoms with Crippen molar-refractivity contribution in [1.82, 2.24) is 4.57 Å². The minimum atomic E-state index is -0.760. The molecule has 0 aliphatic heterocycles. The number of aryl methyl sites for hydroxylation is 1. The van der Waals surface area contributed by atoms with E-state index in [0.717, 1.165) is 11.1 Å². The molecule has 102 valence electrons. The highest BCUT2D eigenvalue weighted by Crippen LogP contribution is 2.27. The van der Waals surface area contributed by atoms with Crippen LogP contribution in [0.2, 0.25) is 0 Å². The van der Waals surface area contributed by atoms with Gasteiger partial charge in [0.1, 0.15) is 0 Å². The van der Waals surface area contributed by atoms with Gasteiger partial charge in [-0.1, -0.05) is 32.0 Å². The number of carboxylic acids is 1. The molecule has 2 N–H and O–H groups in total. The lowest BCUT2D eigenvalue weighted by Gasteiger charge is -2.23. The Morgan fingerprint density at radius 3 is 2.74 bits per heavy atom. The van der Waals surface area contributed by atoms with Crippen LogP contribution in [0.25, 0.3) is 10.9 Å². The normalized spacial score (nSPS) is 11.7. The maximum atomic E-state index is 10.8. The molecular formula is C15H20N2O2. The number of hydrogen-bond donors (Lipinski definition) is 2. The number of anilines is 1. The summed E-state index contributed by atoms with van der Waals surface area (Å²) in [4.78, 5) is 10.8. The van der Waals surface area contributed by atoms with Crippen LogP contribution in [0.1, 0.15) is 20.3 Å². The highest BCUT2D eigenvalue weighted by atomic mass is 16.4. The number of carbonyl (C=O) groups is 1. The van der Waals surface area contributed by atoms with Gasteiger partial charge >= 0.3 is 5.97 Å². The van der Waals surface area contributed by atoms with Crippen LogP contribution >= 0.6 is 0 Å². The topological polar surface area (TPSA) is 54.3 Å². The van der Waals surface area contributed by atoms with Gasteiger partial charge in [0.15, 0.2) is 0 Å². The molecule has 0 radical (unpaired) electrons. The van der Waals surface area contributed by atoms with Crippen LogP contribution in [-0.2, 0) is 11.8 Å². The molecule has 0 atom stereocenters. The van der Waals surface area contributed by atoms with Gasteiger partial charge in [0.25, 0.3) is 0 Å². The van der Waals surface area contributed by atoms with E-state index >= 15 is 0 Å². The van der Waals surface area contributed by atoms with E-state index in [1.54, 1.807) is 0 Å². The summed E-state index contributed by atoms with van der Waals surface area (Å²) >= 11 is 0. The SMILES string of the molecule is Cn1cc(NCC(C)(C)CC(=O)O)c2ccccc21. The second kappa shape index (κ2) is 4.96. The van der Waals surface area contributed by atoms with Crippen LogP contribution in [0.3, 0.4) is 0 Å². The molecule has 0 amide bonds. The van der Waals surface area contributed by atoms with Crippen molar-refractivity contribution in [3.8, 4) is 0 Å². The lowest BCUT2D eigenvalue weighted by Crippen LogP contribution is -2.26. The number of aromatic nitrogens is 1. The molecular weight excluding hydrogens is 240 g/mol. The molecule has 1 aromatic carbocycles. The fourth-order valence-electron chi connectivity index (χ4n) is 2.29. The van der Waals surface area contributed by atoms with Crippen LogP contribution in [0.5, 0.6) is 0 Å². The molecule has 0 saturated carbocycles.